The summed E-state index contributed by atoms with van der Waals surface area (Å²) in [5, 5.41) is 0. The summed E-state index contributed by atoms with van der Waals surface area (Å²) in [6.45, 7) is 3.44. The molecule has 21 heavy (non-hydrogen) atoms. The molecule has 2 aliphatic heterocycles. The number of hydrogen-bond donors (Lipinski definition) is 0. The van der Waals surface area contributed by atoms with Crippen molar-refractivity contribution >= 4 is 23.5 Å². The molecule has 4 nitrogen and oxygen atoms in total. The molecule has 1 atom stereocenters. The smallest absolute Gasteiger partial charge is 0.222 e. The summed E-state index contributed by atoms with van der Waals surface area (Å²) in [6.07, 6.45) is 5.08. The number of hydrogen-bond acceptors (Lipinski definition) is 4. The number of thioether (sulfide) groups is 1. The first kappa shape index (κ1) is 14.7. The van der Waals surface area contributed by atoms with Crippen LogP contribution in [0.15, 0.2) is 24.4 Å². The van der Waals surface area contributed by atoms with Gasteiger partial charge in [0.1, 0.15) is 5.82 Å². The zero-order valence-electron chi connectivity index (χ0n) is 12.4. The van der Waals surface area contributed by atoms with Crippen molar-refractivity contribution in [3.63, 3.8) is 0 Å². The highest BCUT2D eigenvalue weighted by Gasteiger charge is 2.24. The number of carbonyl (C=O) groups excluding carboxylic acids is 1. The molecular weight excluding hydrogens is 282 g/mol. The molecule has 0 spiro atoms. The van der Waals surface area contributed by atoms with Gasteiger partial charge < -0.3 is 9.80 Å². The van der Waals surface area contributed by atoms with Crippen LogP contribution in [0.1, 0.15) is 19.3 Å². The van der Waals surface area contributed by atoms with E-state index in [0.717, 1.165) is 38.4 Å². The highest BCUT2D eigenvalue weighted by Crippen LogP contribution is 2.26. The molecule has 2 fully saturated rings. The minimum Gasteiger partial charge on any atom is -0.353 e. The molecule has 0 radical (unpaired) electrons. The summed E-state index contributed by atoms with van der Waals surface area (Å²) >= 11 is 2.00. The third kappa shape index (κ3) is 3.90. The lowest BCUT2D eigenvalue weighted by Gasteiger charge is -2.36. The highest BCUT2D eigenvalue weighted by molar-refractivity contribution is 7.99. The van der Waals surface area contributed by atoms with E-state index in [1.165, 1.54) is 24.3 Å². The Kier molecular flexibility index (Phi) is 5.01. The van der Waals surface area contributed by atoms with E-state index in [1.54, 1.807) is 0 Å². The van der Waals surface area contributed by atoms with E-state index in [4.69, 9.17) is 0 Å². The van der Waals surface area contributed by atoms with Crippen LogP contribution in [-0.4, -0.2) is 53.5 Å². The lowest BCUT2D eigenvalue weighted by atomic mass is 10.0. The van der Waals surface area contributed by atoms with Crippen LogP contribution in [0.4, 0.5) is 5.82 Å². The lowest BCUT2D eigenvalue weighted by Crippen LogP contribution is -2.49. The molecule has 0 N–H and O–H groups in total. The van der Waals surface area contributed by atoms with Crippen molar-refractivity contribution in [1.82, 2.24) is 9.88 Å². The van der Waals surface area contributed by atoms with E-state index in [1.807, 2.05) is 41.1 Å². The van der Waals surface area contributed by atoms with Gasteiger partial charge in [0.05, 0.1) is 0 Å². The van der Waals surface area contributed by atoms with Gasteiger partial charge in [-0.1, -0.05) is 6.07 Å². The van der Waals surface area contributed by atoms with Crippen LogP contribution in [0.5, 0.6) is 0 Å². The lowest BCUT2D eigenvalue weighted by molar-refractivity contribution is -0.132. The van der Waals surface area contributed by atoms with Gasteiger partial charge in [-0.2, -0.15) is 11.8 Å². The molecule has 1 amide bonds. The van der Waals surface area contributed by atoms with Gasteiger partial charge in [-0.3, -0.25) is 4.79 Å². The van der Waals surface area contributed by atoms with Gasteiger partial charge in [-0.25, -0.2) is 4.98 Å². The quantitative estimate of drug-likeness (QED) is 0.858. The Morgan fingerprint density at radius 3 is 2.81 bits per heavy atom. The predicted octanol–water partition coefficient (Wildman–Crippen LogP) is 2.26. The average Bonchev–Trinajstić information content (AvgIpc) is 2.57. The van der Waals surface area contributed by atoms with Gasteiger partial charge in [-0.15, -0.1) is 0 Å². The van der Waals surface area contributed by atoms with E-state index in [2.05, 4.69) is 9.88 Å². The molecule has 5 heteroatoms. The number of pyridine rings is 1. The molecule has 1 aromatic rings. The van der Waals surface area contributed by atoms with Gasteiger partial charge in [-0.05, 0) is 42.4 Å². The zero-order valence-corrected chi connectivity index (χ0v) is 13.2. The number of amides is 1. The van der Waals surface area contributed by atoms with Crippen LogP contribution >= 0.6 is 11.8 Å². The van der Waals surface area contributed by atoms with Crippen molar-refractivity contribution < 1.29 is 4.79 Å². The molecule has 1 unspecified atom stereocenters. The maximum Gasteiger partial charge on any atom is 0.222 e. The predicted molar refractivity (Wildman–Crippen MR) is 87.7 cm³/mol. The third-order valence-electron chi connectivity index (χ3n) is 4.32. The number of anilines is 1. The molecule has 2 saturated heterocycles. The Hall–Kier alpha value is -1.23. The highest BCUT2D eigenvalue weighted by atomic mass is 32.2. The Labute approximate surface area is 130 Å². The van der Waals surface area contributed by atoms with E-state index < -0.39 is 0 Å². The van der Waals surface area contributed by atoms with Crippen LogP contribution in [0.3, 0.4) is 0 Å². The van der Waals surface area contributed by atoms with Gasteiger partial charge in [0.15, 0.2) is 0 Å². The SMILES string of the molecule is O=C(CC1CCCSC1)N1CCN(c2ccccn2)CC1. The molecule has 0 aromatic carbocycles. The summed E-state index contributed by atoms with van der Waals surface area (Å²) in [5.41, 5.74) is 0. The molecular formula is C16H23N3OS. The van der Waals surface area contributed by atoms with Crippen LogP contribution < -0.4 is 4.90 Å². The van der Waals surface area contributed by atoms with Crippen LogP contribution in [-0.2, 0) is 4.79 Å². The topological polar surface area (TPSA) is 36.4 Å². The maximum absolute atomic E-state index is 12.4. The minimum absolute atomic E-state index is 0.350. The Bertz CT molecular complexity index is 454. The van der Waals surface area contributed by atoms with Crippen molar-refractivity contribution in [2.75, 3.05) is 42.6 Å². The van der Waals surface area contributed by atoms with Gasteiger partial charge in [0, 0.05) is 38.8 Å². The second kappa shape index (κ2) is 7.16. The second-order valence-electron chi connectivity index (χ2n) is 5.84. The first-order valence-corrected chi connectivity index (χ1v) is 9.00. The summed E-state index contributed by atoms with van der Waals surface area (Å²) in [7, 11) is 0. The molecule has 0 aliphatic carbocycles. The number of aromatic nitrogens is 1. The Morgan fingerprint density at radius 1 is 1.29 bits per heavy atom. The molecule has 0 bridgehead atoms. The fourth-order valence-corrected chi connectivity index (χ4v) is 4.23. The van der Waals surface area contributed by atoms with E-state index in [0.29, 0.717) is 11.8 Å². The van der Waals surface area contributed by atoms with Crippen LogP contribution in [0.2, 0.25) is 0 Å². The van der Waals surface area contributed by atoms with Gasteiger partial charge in [0.25, 0.3) is 0 Å². The second-order valence-corrected chi connectivity index (χ2v) is 6.99. The van der Waals surface area contributed by atoms with Crippen LogP contribution in [0.25, 0.3) is 0 Å². The van der Waals surface area contributed by atoms with E-state index in [9.17, 15) is 4.79 Å². The molecule has 3 heterocycles. The zero-order chi connectivity index (χ0) is 14.5. The van der Waals surface area contributed by atoms with Crippen molar-refractivity contribution in [2.45, 2.75) is 19.3 Å². The summed E-state index contributed by atoms with van der Waals surface area (Å²) in [6, 6.07) is 5.99. The third-order valence-corrected chi connectivity index (χ3v) is 5.61. The number of piperazine rings is 1. The summed E-state index contributed by atoms with van der Waals surface area (Å²) in [4.78, 5) is 21.1. The van der Waals surface area contributed by atoms with Crippen molar-refractivity contribution in [3.8, 4) is 0 Å². The average molecular weight is 305 g/mol. The maximum atomic E-state index is 12.4. The normalized spacial score (nSPS) is 23.1. The standard InChI is InChI=1S/C16H23N3OS/c20-16(12-14-4-3-11-21-13-14)19-9-7-18(8-10-19)15-5-1-2-6-17-15/h1-2,5-6,14H,3-4,7-13H2. The summed E-state index contributed by atoms with van der Waals surface area (Å²) < 4.78 is 0. The minimum atomic E-state index is 0.350. The fraction of sp³-hybridized carbons (Fsp3) is 0.625. The summed E-state index contributed by atoms with van der Waals surface area (Å²) in [5.74, 6) is 4.41. The molecule has 0 saturated carbocycles. The van der Waals surface area contributed by atoms with E-state index >= 15 is 0 Å². The van der Waals surface area contributed by atoms with Crippen LogP contribution in [0, 0.1) is 5.92 Å². The van der Waals surface area contributed by atoms with Gasteiger partial charge >= 0.3 is 0 Å². The first-order valence-electron chi connectivity index (χ1n) is 7.84. The first-order chi connectivity index (χ1) is 10.3. The molecule has 1 aromatic heterocycles. The fourth-order valence-electron chi connectivity index (χ4n) is 3.07. The Balaban J connectivity index is 1.47. The number of nitrogens with zero attached hydrogens (tertiary/aromatic N) is 3. The number of carbonyl (C=O) groups is 1. The van der Waals surface area contributed by atoms with Crippen molar-refractivity contribution in [1.29, 1.82) is 0 Å². The Morgan fingerprint density at radius 2 is 2.14 bits per heavy atom. The molecule has 114 valence electrons. The largest absolute Gasteiger partial charge is 0.353 e. The monoisotopic (exact) mass is 305 g/mol. The van der Waals surface area contributed by atoms with E-state index in [-0.39, 0.29) is 0 Å². The molecule has 3 rings (SSSR count). The van der Waals surface area contributed by atoms with Gasteiger partial charge in [0.2, 0.25) is 5.91 Å². The van der Waals surface area contributed by atoms with Crippen molar-refractivity contribution in [2.24, 2.45) is 5.92 Å². The molecule has 2 aliphatic rings. The number of rotatable bonds is 3. The van der Waals surface area contributed by atoms with Crippen molar-refractivity contribution in [3.05, 3.63) is 24.4 Å².